The average molecular weight is 298 g/mol. The quantitative estimate of drug-likeness (QED) is 0.860. The van der Waals surface area contributed by atoms with E-state index in [1.54, 1.807) is 16.8 Å². The van der Waals surface area contributed by atoms with Crippen LogP contribution >= 0.6 is 11.6 Å². The van der Waals surface area contributed by atoms with Crippen molar-refractivity contribution in [3.8, 4) is 0 Å². The van der Waals surface area contributed by atoms with Crippen LogP contribution in [-0.2, 0) is 9.47 Å². The fourth-order valence-electron chi connectivity index (χ4n) is 2.58. The van der Waals surface area contributed by atoms with Gasteiger partial charge >= 0.3 is 0 Å². The Bertz CT molecular complexity index is 643. The van der Waals surface area contributed by atoms with E-state index in [-0.39, 0.29) is 6.10 Å². The van der Waals surface area contributed by atoms with Gasteiger partial charge < -0.3 is 19.1 Å². The van der Waals surface area contributed by atoms with Gasteiger partial charge in [0.1, 0.15) is 23.2 Å². The van der Waals surface area contributed by atoms with Crippen LogP contribution < -0.4 is 0 Å². The number of aliphatic hydroxyl groups excluding tert-OH is 1. The summed E-state index contributed by atoms with van der Waals surface area (Å²) in [6, 6.07) is 1.77. The molecule has 0 spiro atoms. The van der Waals surface area contributed by atoms with Crippen LogP contribution in [-0.4, -0.2) is 37.6 Å². The summed E-state index contributed by atoms with van der Waals surface area (Å²) in [4.78, 5) is 8.09. The standard InChI is InChI=1S/C13H16ClN3O3/c1-7-9(20-13(2,3)19-7)12(18)17-5-4-8-10(14)15-6-16-11(8)17/h4-7,9,12,18H,1-3H3/t7-,9-,12?/m1/s1. The Kier molecular flexibility index (Phi) is 3.21. The summed E-state index contributed by atoms with van der Waals surface area (Å²) in [6.07, 6.45) is 1.48. The molecule has 1 saturated heterocycles. The molecule has 0 aromatic carbocycles. The third-order valence-electron chi connectivity index (χ3n) is 3.39. The summed E-state index contributed by atoms with van der Waals surface area (Å²) >= 11 is 6.01. The van der Waals surface area contributed by atoms with Gasteiger partial charge in [-0.3, -0.25) is 0 Å². The molecule has 20 heavy (non-hydrogen) atoms. The molecular formula is C13H16ClN3O3. The summed E-state index contributed by atoms with van der Waals surface area (Å²) < 4.78 is 13.0. The molecule has 0 radical (unpaired) electrons. The Hall–Kier alpha value is -1.21. The largest absolute Gasteiger partial charge is 0.370 e. The fraction of sp³-hybridized carbons (Fsp3) is 0.538. The summed E-state index contributed by atoms with van der Waals surface area (Å²) in [5.74, 6) is -0.708. The number of hydrogen-bond donors (Lipinski definition) is 1. The molecule has 1 aliphatic rings. The highest BCUT2D eigenvalue weighted by Gasteiger charge is 2.43. The molecule has 7 heteroatoms. The zero-order valence-corrected chi connectivity index (χ0v) is 12.2. The third kappa shape index (κ3) is 2.18. The van der Waals surface area contributed by atoms with Gasteiger partial charge in [-0.1, -0.05) is 11.6 Å². The smallest absolute Gasteiger partial charge is 0.163 e. The number of ether oxygens (including phenoxy) is 2. The van der Waals surface area contributed by atoms with E-state index in [0.717, 1.165) is 0 Å². The maximum Gasteiger partial charge on any atom is 0.163 e. The minimum Gasteiger partial charge on any atom is -0.370 e. The maximum atomic E-state index is 10.6. The number of aliphatic hydroxyl groups is 1. The average Bonchev–Trinajstić information content (AvgIpc) is 2.90. The summed E-state index contributed by atoms with van der Waals surface area (Å²) in [6.45, 7) is 5.52. The lowest BCUT2D eigenvalue weighted by atomic mass is 10.2. The van der Waals surface area contributed by atoms with Gasteiger partial charge in [0.25, 0.3) is 0 Å². The molecule has 1 fully saturated rings. The van der Waals surface area contributed by atoms with E-state index < -0.39 is 18.1 Å². The van der Waals surface area contributed by atoms with Crippen molar-refractivity contribution in [2.45, 2.75) is 45.0 Å². The van der Waals surface area contributed by atoms with Crippen molar-refractivity contribution in [1.29, 1.82) is 0 Å². The Morgan fingerprint density at radius 1 is 1.40 bits per heavy atom. The Morgan fingerprint density at radius 3 is 2.80 bits per heavy atom. The van der Waals surface area contributed by atoms with Crippen LogP contribution in [0.15, 0.2) is 18.6 Å². The molecule has 2 aromatic rings. The molecule has 2 aromatic heterocycles. The minimum absolute atomic E-state index is 0.227. The van der Waals surface area contributed by atoms with E-state index in [1.165, 1.54) is 6.33 Å². The lowest BCUT2D eigenvalue weighted by molar-refractivity contribution is -0.160. The highest BCUT2D eigenvalue weighted by atomic mass is 35.5. The Morgan fingerprint density at radius 2 is 2.15 bits per heavy atom. The van der Waals surface area contributed by atoms with E-state index in [9.17, 15) is 5.11 Å². The predicted octanol–water partition coefficient (Wildman–Crippen LogP) is 2.12. The number of halogens is 1. The Labute approximate surface area is 121 Å². The number of fused-ring (bicyclic) bond motifs is 1. The topological polar surface area (TPSA) is 69.4 Å². The minimum atomic E-state index is -0.907. The van der Waals surface area contributed by atoms with Gasteiger partial charge in [0.05, 0.1) is 11.5 Å². The lowest BCUT2D eigenvalue weighted by Crippen LogP contribution is -2.31. The first-order chi connectivity index (χ1) is 9.39. The molecule has 1 aliphatic heterocycles. The third-order valence-corrected chi connectivity index (χ3v) is 3.69. The number of rotatable bonds is 2. The van der Waals surface area contributed by atoms with Gasteiger partial charge in [-0.25, -0.2) is 9.97 Å². The number of aromatic nitrogens is 3. The molecule has 6 nitrogen and oxygen atoms in total. The van der Waals surface area contributed by atoms with E-state index in [1.807, 2.05) is 20.8 Å². The molecule has 0 saturated carbocycles. The van der Waals surface area contributed by atoms with Crippen molar-refractivity contribution in [3.05, 3.63) is 23.7 Å². The molecule has 0 bridgehead atoms. The van der Waals surface area contributed by atoms with Gasteiger partial charge in [-0.2, -0.15) is 0 Å². The van der Waals surface area contributed by atoms with Crippen molar-refractivity contribution in [2.75, 3.05) is 0 Å². The predicted molar refractivity (Wildman–Crippen MR) is 73.3 cm³/mol. The van der Waals surface area contributed by atoms with Crippen LogP contribution in [0.1, 0.15) is 27.0 Å². The van der Waals surface area contributed by atoms with Crippen molar-refractivity contribution in [2.24, 2.45) is 0 Å². The van der Waals surface area contributed by atoms with Gasteiger partial charge in [0.2, 0.25) is 0 Å². The highest BCUT2D eigenvalue weighted by Crippen LogP contribution is 2.34. The van der Waals surface area contributed by atoms with Gasteiger partial charge in [-0.05, 0) is 26.8 Å². The van der Waals surface area contributed by atoms with Crippen molar-refractivity contribution in [3.63, 3.8) is 0 Å². The molecule has 3 heterocycles. The molecule has 108 valence electrons. The second-order valence-corrected chi connectivity index (χ2v) is 5.70. The van der Waals surface area contributed by atoms with Gasteiger partial charge in [-0.15, -0.1) is 0 Å². The SMILES string of the molecule is C[C@H]1OC(C)(C)O[C@H]1C(O)n1ccc2c(Cl)ncnc21. The second-order valence-electron chi connectivity index (χ2n) is 5.34. The van der Waals surface area contributed by atoms with Gasteiger partial charge in [0, 0.05) is 6.20 Å². The van der Waals surface area contributed by atoms with Crippen LogP contribution in [0.5, 0.6) is 0 Å². The van der Waals surface area contributed by atoms with Crippen molar-refractivity contribution < 1.29 is 14.6 Å². The number of hydrogen-bond acceptors (Lipinski definition) is 5. The monoisotopic (exact) mass is 297 g/mol. The van der Waals surface area contributed by atoms with Crippen LogP contribution in [0.25, 0.3) is 11.0 Å². The molecule has 0 aliphatic carbocycles. The molecule has 3 atom stereocenters. The maximum absolute atomic E-state index is 10.6. The Balaban J connectivity index is 1.97. The van der Waals surface area contributed by atoms with Gasteiger partial charge in [0.15, 0.2) is 12.0 Å². The normalized spacial score (nSPS) is 27.1. The number of nitrogens with zero attached hydrogens (tertiary/aromatic N) is 3. The zero-order valence-electron chi connectivity index (χ0n) is 11.4. The van der Waals surface area contributed by atoms with E-state index in [0.29, 0.717) is 16.2 Å². The zero-order chi connectivity index (χ0) is 14.5. The van der Waals surface area contributed by atoms with E-state index in [2.05, 4.69) is 9.97 Å². The van der Waals surface area contributed by atoms with Crippen LogP contribution in [0.3, 0.4) is 0 Å². The van der Waals surface area contributed by atoms with Crippen molar-refractivity contribution in [1.82, 2.24) is 14.5 Å². The first kappa shape index (κ1) is 13.8. The first-order valence-electron chi connectivity index (χ1n) is 6.40. The molecule has 0 amide bonds. The molecule has 3 rings (SSSR count). The molecule has 1 unspecified atom stereocenters. The van der Waals surface area contributed by atoms with Crippen LogP contribution in [0, 0.1) is 0 Å². The highest BCUT2D eigenvalue weighted by molar-refractivity contribution is 6.33. The van der Waals surface area contributed by atoms with E-state index in [4.69, 9.17) is 21.1 Å². The molecule has 1 N–H and O–H groups in total. The fourth-order valence-corrected chi connectivity index (χ4v) is 2.77. The second kappa shape index (κ2) is 4.66. The van der Waals surface area contributed by atoms with E-state index >= 15 is 0 Å². The first-order valence-corrected chi connectivity index (χ1v) is 6.77. The van der Waals surface area contributed by atoms with Crippen LogP contribution in [0.2, 0.25) is 5.15 Å². The summed E-state index contributed by atoms with van der Waals surface area (Å²) in [7, 11) is 0. The lowest BCUT2D eigenvalue weighted by Gasteiger charge is -2.22. The summed E-state index contributed by atoms with van der Waals surface area (Å²) in [5, 5.41) is 11.6. The summed E-state index contributed by atoms with van der Waals surface area (Å²) in [5.41, 5.74) is 0.568. The van der Waals surface area contributed by atoms with Crippen molar-refractivity contribution >= 4 is 22.6 Å². The molecular weight excluding hydrogens is 282 g/mol. The van der Waals surface area contributed by atoms with Crippen LogP contribution in [0.4, 0.5) is 0 Å².